The summed E-state index contributed by atoms with van der Waals surface area (Å²) in [4.78, 5) is -0.326. The molecule has 0 bridgehead atoms. The van der Waals surface area contributed by atoms with Crippen LogP contribution in [0.25, 0.3) is 6.08 Å². The summed E-state index contributed by atoms with van der Waals surface area (Å²) in [7, 11) is -4.56. The van der Waals surface area contributed by atoms with Crippen molar-refractivity contribution in [3.8, 4) is 0 Å². The summed E-state index contributed by atoms with van der Waals surface area (Å²) in [5.74, 6) is 0. The van der Waals surface area contributed by atoms with Crippen molar-refractivity contribution >= 4 is 16.3 Å². The van der Waals surface area contributed by atoms with Crippen molar-refractivity contribution in [2.24, 2.45) is 0 Å². The molecule has 0 unspecified atom stereocenters. The fourth-order valence-electron chi connectivity index (χ4n) is 0.766. The molecule has 0 atom stereocenters. The van der Waals surface area contributed by atoms with E-state index < -0.39 is 10.2 Å². The SMILES string of the molecule is C=Cc1ccc(S(=O)(=O)F)cc1. The summed E-state index contributed by atoms with van der Waals surface area (Å²) in [5, 5.41) is 0. The van der Waals surface area contributed by atoms with E-state index in [0.29, 0.717) is 0 Å². The Morgan fingerprint density at radius 1 is 1.25 bits per heavy atom. The van der Waals surface area contributed by atoms with Gasteiger partial charge in [-0.1, -0.05) is 24.8 Å². The van der Waals surface area contributed by atoms with Crippen LogP contribution in [0, 0.1) is 0 Å². The molecule has 1 aromatic rings. The quantitative estimate of drug-likeness (QED) is 0.662. The van der Waals surface area contributed by atoms with Gasteiger partial charge in [-0.05, 0) is 17.7 Å². The van der Waals surface area contributed by atoms with E-state index in [4.69, 9.17) is 0 Å². The maximum atomic E-state index is 12.3. The molecule has 0 N–H and O–H groups in total. The molecule has 0 saturated heterocycles. The maximum absolute atomic E-state index is 12.3. The van der Waals surface area contributed by atoms with Gasteiger partial charge < -0.3 is 0 Å². The van der Waals surface area contributed by atoms with Gasteiger partial charge in [0.2, 0.25) is 0 Å². The number of hydrogen-bond acceptors (Lipinski definition) is 2. The van der Waals surface area contributed by atoms with Crippen molar-refractivity contribution in [3.63, 3.8) is 0 Å². The first-order chi connectivity index (χ1) is 5.54. The molecule has 0 saturated carbocycles. The lowest BCUT2D eigenvalue weighted by atomic mass is 10.2. The average Bonchev–Trinajstić information content (AvgIpc) is 2.03. The molecule has 0 amide bonds. The fraction of sp³-hybridized carbons (Fsp3) is 0. The van der Waals surface area contributed by atoms with Crippen LogP contribution in [0.1, 0.15) is 5.56 Å². The summed E-state index contributed by atoms with van der Waals surface area (Å²) in [6.45, 7) is 3.48. The molecule has 0 aliphatic rings. The second-order valence-electron chi connectivity index (χ2n) is 2.21. The minimum atomic E-state index is -4.56. The van der Waals surface area contributed by atoms with Crippen LogP contribution < -0.4 is 0 Å². The van der Waals surface area contributed by atoms with Crippen molar-refractivity contribution in [2.45, 2.75) is 4.90 Å². The summed E-state index contributed by atoms with van der Waals surface area (Å²) in [6.07, 6.45) is 1.55. The highest BCUT2D eigenvalue weighted by Gasteiger charge is 2.09. The Balaban J connectivity index is 3.17. The zero-order chi connectivity index (χ0) is 9.19. The highest BCUT2D eigenvalue weighted by atomic mass is 32.3. The van der Waals surface area contributed by atoms with Crippen LogP contribution in [-0.2, 0) is 10.2 Å². The van der Waals surface area contributed by atoms with Crippen LogP contribution in [0.2, 0.25) is 0 Å². The monoisotopic (exact) mass is 186 g/mol. The molecular weight excluding hydrogens is 179 g/mol. The van der Waals surface area contributed by atoms with Crippen molar-refractivity contribution in [2.75, 3.05) is 0 Å². The Labute approximate surface area is 70.6 Å². The van der Waals surface area contributed by atoms with Gasteiger partial charge in [0.05, 0.1) is 4.90 Å². The number of rotatable bonds is 2. The summed E-state index contributed by atoms with van der Waals surface area (Å²) in [6, 6.07) is 5.37. The molecule has 12 heavy (non-hydrogen) atoms. The topological polar surface area (TPSA) is 34.1 Å². The smallest absolute Gasteiger partial charge is 0.189 e. The van der Waals surface area contributed by atoms with Gasteiger partial charge in [0.25, 0.3) is 0 Å². The molecule has 0 spiro atoms. The molecule has 4 heteroatoms. The van der Waals surface area contributed by atoms with Gasteiger partial charge in [-0.3, -0.25) is 0 Å². The Morgan fingerprint density at radius 3 is 2.08 bits per heavy atom. The highest BCUT2D eigenvalue weighted by Crippen LogP contribution is 2.13. The van der Waals surface area contributed by atoms with Gasteiger partial charge in [0, 0.05) is 0 Å². The molecule has 0 fully saturated rings. The van der Waals surface area contributed by atoms with Crippen LogP contribution in [0.15, 0.2) is 35.7 Å². The molecular formula is C8H7FO2S. The second-order valence-corrected chi connectivity index (χ2v) is 3.56. The van der Waals surface area contributed by atoms with E-state index in [1.165, 1.54) is 24.3 Å². The molecule has 2 nitrogen and oxygen atoms in total. The first-order valence-corrected chi connectivity index (χ1v) is 4.59. The van der Waals surface area contributed by atoms with Crippen LogP contribution in [-0.4, -0.2) is 8.42 Å². The van der Waals surface area contributed by atoms with E-state index in [-0.39, 0.29) is 4.90 Å². The van der Waals surface area contributed by atoms with E-state index in [1.807, 2.05) is 0 Å². The Hall–Kier alpha value is -1.16. The Kier molecular flexibility index (Phi) is 2.28. The largest absolute Gasteiger partial charge is 0.332 e. The predicted octanol–water partition coefficient (Wildman–Crippen LogP) is 1.99. The van der Waals surface area contributed by atoms with Gasteiger partial charge in [0.1, 0.15) is 0 Å². The third-order valence-corrected chi connectivity index (χ3v) is 2.23. The zero-order valence-corrected chi connectivity index (χ0v) is 7.01. The van der Waals surface area contributed by atoms with Crippen LogP contribution >= 0.6 is 0 Å². The molecule has 0 aliphatic carbocycles. The summed E-state index contributed by atoms with van der Waals surface area (Å²) < 4.78 is 33.0. The standard InChI is InChI=1S/C8H7FO2S/c1-2-7-3-5-8(6-4-7)12(9,10)11/h2-6H,1H2. The predicted molar refractivity (Wildman–Crippen MR) is 44.8 cm³/mol. The number of halogens is 1. The lowest BCUT2D eigenvalue weighted by Gasteiger charge is -1.94. The molecule has 0 aromatic heterocycles. The minimum Gasteiger partial charge on any atom is -0.189 e. The molecule has 1 aromatic carbocycles. The van der Waals surface area contributed by atoms with Crippen molar-refractivity contribution in [3.05, 3.63) is 36.4 Å². The molecule has 0 aliphatic heterocycles. The molecule has 0 radical (unpaired) electrons. The van der Waals surface area contributed by atoms with Crippen LogP contribution in [0.3, 0.4) is 0 Å². The van der Waals surface area contributed by atoms with Gasteiger partial charge in [-0.15, -0.1) is 3.89 Å². The summed E-state index contributed by atoms with van der Waals surface area (Å²) in [5.41, 5.74) is 0.752. The normalized spacial score (nSPS) is 11.1. The van der Waals surface area contributed by atoms with E-state index in [9.17, 15) is 12.3 Å². The lowest BCUT2D eigenvalue weighted by molar-refractivity contribution is 0.552. The Bertz CT molecular complexity index is 378. The highest BCUT2D eigenvalue weighted by molar-refractivity contribution is 7.86. The zero-order valence-electron chi connectivity index (χ0n) is 6.20. The van der Waals surface area contributed by atoms with Crippen molar-refractivity contribution < 1.29 is 12.3 Å². The Morgan fingerprint density at radius 2 is 1.75 bits per heavy atom. The van der Waals surface area contributed by atoms with Crippen LogP contribution in [0.5, 0.6) is 0 Å². The second kappa shape index (κ2) is 3.06. The summed E-state index contributed by atoms with van der Waals surface area (Å²) >= 11 is 0. The van der Waals surface area contributed by atoms with Crippen molar-refractivity contribution in [1.29, 1.82) is 0 Å². The minimum absolute atomic E-state index is 0.326. The van der Waals surface area contributed by atoms with E-state index >= 15 is 0 Å². The van der Waals surface area contributed by atoms with Gasteiger partial charge >= 0.3 is 10.2 Å². The van der Waals surface area contributed by atoms with E-state index in [2.05, 4.69) is 6.58 Å². The first-order valence-electron chi connectivity index (χ1n) is 3.21. The number of benzene rings is 1. The third kappa shape index (κ3) is 1.92. The molecule has 1 rings (SSSR count). The molecule has 64 valence electrons. The van der Waals surface area contributed by atoms with Crippen LogP contribution in [0.4, 0.5) is 3.89 Å². The van der Waals surface area contributed by atoms with E-state index in [1.54, 1.807) is 6.08 Å². The third-order valence-electron chi connectivity index (χ3n) is 1.40. The fourth-order valence-corrected chi connectivity index (χ4v) is 1.23. The number of hydrogen-bond donors (Lipinski definition) is 0. The van der Waals surface area contributed by atoms with Crippen molar-refractivity contribution in [1.82, 2.24) is 0 Å². The van der Waals surface area contributed by atoms with E-state index in [0.717, 1.165) is 5.56 Å². The first kappa shape index (κ1) is 8.93. The molecule has 0 heterocycles. The lowest BCUT2D eigenvalue weighted by Crippen LogP contribution is -1.90. The van der Waals surface area contributed by atoms with Gasteiger partial charge in [0.15, 0.2) is 0 Å². The average molecular weight is 186 g/mol. The van der Waals surface area contributed by atoms with Gasteiger partial charge in [-0.25, -0.2) is 0 Å². The maximum Gasteiger partial charge on any atom is 0.332 e. The van der Waals surface area contributed by atoms with Gasteiger partial charge in [-0.2, -0.15) is 8.42 Å².